The molecule has 3 heteroatoms. The van der Waals surface area contributed by atoms with Gasteiger partial charge in [-0.05, 0) is 83.3 Å². The Morgan fingerprint density at radius 2 is 1.79 bits per heavy atom. The van der Waals surface area contributed by atoms with Gasteiger partial charge in [0.15, 0.2) is 0 Å². The third kappa shape index (κ3) is 5.80. The summed E-state index contributed by atoms with van der Waals surface area (Å²) in [5.41, 5.74) is 0. The molecular weight excluding hydrogens is 234 g/mol. The molecule has 19 heavy (non-hydrogen) atoms. The van der Waals surface area contributed by atoms with Gasteiger partial charge in [0, 0.05) is 6.54 Å². The van der Waals surface area contributed by atoms with Gasteiger partial charge in [-0.3, -0.25) is 0 Å². The first kappa shape index (κ1) is 15.3. The van der Waals surface area contributed by atoms with Crippen molar-refractivity contribution < 1.29 is 0 Å². The molecule has 0 radical (unpaired) electrons. The zero-order valence-electron chi connectivity index (χ0n) is 13.0. The van der Waals surface area contributed by atoms with Crippen molar-refractivity contribution in [2.24, 2.45) is 11.8 Å². The first-order valence-corrected chi connectivity index (χ1v) is 8.39. The van der Waals surface area contributed by atoms with Gasteiger partial charge >= 0.3 is 0 Å². The number of likely N-dealkylation sites (tertiary alicyclic amines) is 2. The summed E-state index contributed by atoms with van der Waals surface area (Å²) >= 11 is 0. The van der Waals surface area contributed by atoms with Crippen molar-refractivity contribution in [2.45, 2.75) is 39.5 Å². The predicted octanol–water partition coefficient (Wildman–Crippen LogP) is 2.04. The maximum atomic E-state index is 3.61. The number of nitrogens with zero attached hydrogens (tertiary/aromatic N) is 2. The van der Waals surface area contributed by atoms with Crippen LogP contribution in [-0.2, 0) is 0 Å². The first-order valence-electron chi connectivity index (χ1n) is 8.39. The van der Waals surface area contributed by atoms with Crippen LogP contribution in [0.25, 0.3) is 0 Å². The quantitative estimate of drug-likeness (QED) is 0.726. The molecule has 2 saturated heterocycles. The Bertz CT molecular complexity index is 236. The molecule has 2 aliphatic rings. The summed E-state index contributed by atoms with van der Waals surface area (Å²) in [6, 6.07) is 0. The van der Waals surface area contributed by atoms with E-state index in [0.29, 0.717) is 0 Å². The fourth-order valence-corrected chi connectivity index (χ4v) is 3.38. The van der Waals surface area contributed by atoms with Crippen LogP contribution in [0.15, 0.2) is 0 Å². The van der Waals surface area contributed by atoms with E-state index in [-0.39, 0.29) is 0 Å². The van der Waals surface area contributed by atoms with Crippen LogP contribution in [-0.4, -0.2) is 62.2 Å². The lowest BCUT2D eigenvalue weighted by Gasteiger charge is -2.19. The average Bonchev–Trinajstić information content (AvgIpc) is 3.00. The van der Waals surface area contributed by atoms with Crippen LogP contribution in [0.2, 0.25) is 0 Å². The molecule has 1 N–H and O–H groups in total. The van der Waals surface area contributed by atoms with E-state index in [1.165, 1.54) is 78.0 Å². The lowest BCUT2D eigenvalue weighted by molar-refractivity contribution is 0.273. The van der Waals surface area contributed by atoms with Gasteiger partial charge in [-0.25, -0.2) is 0 Å². The molecule has 112 valence electrons. The molecule has 1 unspecified atom stereocenters. The summed E-state index contributed by atoms with van der Waals surface area (Å²) in [5, 5.41) is 3.61. The fraction of sp³-hybridized carbons (Fsp3) is 1.00. The van der Waals surface area contributed by atoms with Gasteiger partial charge in [-0.15, -0.1) is 0 Å². The molecule has 3 nitrogen and oxygen atoms in total. The van der Waals surface area contributed by atoms with Crippen LogP contribution in [0.1, 0.15) is 39.5 Å². The molecule has 0 saturated carbocycles. The number of rotatable bonds is 8. The van der Waals surface area contributed by atoms with Crippen LogP contribution >= 0.6 is 0 Å². The molecule has 2 aliphatic heterocycles. The smallest absolute Gasteiger partial charge is 0.00223 e. The Balaban J connectivity index is 1.49. The molecule has 2 rings (SSSR count). The van der Waals surface area contributed by atoms with Crippen LogP contribution in [0.4, 0.5) is 0 Å². The van der Waals surface area contributed by atoms with Gasteiger partial charge in [0.1, 0.15) is 0 Å². The van der Waals surface area contributed by atoms with Gasteiger partial charge in [-0.2, -0.15) is 0 Å². The molecule has 0 aromatic carbocycles. The second-order valence-electron chi connectivity index (χ2n) is 6.91. The number of hydrogen-bond donors (Lipinski definition) is 1. The Kier molecular flexibility index (Phi) is 6.62. The van der Waals surface area contributed by atoms with E-state index in [0.717, 1.165) is 11.8 Å². The van der Waals surface area contributed by atoms with E-state index < -0.39 is 0 Å². The second kappa shape index (κ2) is 8.23. The maximum Gasteiger partial charge on any atom is 0.00223 e. The Morgan fingerprint density at radius 3 is 2.53 bits per heavy atom. The molecule has 0 bridgehead atoms. The standard InChI is InChI=1S/C16H33N3/c1-15(2)12-17-13-16-6-11-19(14-16)10-5-9-18-7-3-4-8-18/h15-17H,3-14H2,1-2H3. The molecule has 2 heterocycles. The minimum absolute atomic E-state index is 0.776. The maximum absolute atomic E-state index is 3.61. The van der Waals surface area contributed by atoms with E-state index in [2.05, 4.69) is 29.0 Å². The lowest BCUT2D eigenvalue weighted by Crippen LogP contribution is -2.30. The molecule has 0 aromatic heterocycles. The molecule has 0 spiro atoms. The van der Waals surface area contributed by atoms with Gasteiger partial charge in [0.25, 0.3) is 0 Å². The minimum atomic E-state index is 0.776. The Hall–Kier alpha value is -0.120. The number of hydrogen-bond acceptors (Lipinski definition) is 3. The highest BCUT2D eigenvalue weighted by Gasteiger charge is 2.22. The zero-order valence-corrected chi connectivity index (χ0v) is 13.0. The largest absolute Gasteiger partial charge is 0.316 e. The first-order chi connectivity index (χ1) is 9.24. The van der Waals surface area contributed by atoms with Crippen molar-refractivity contribution >= 4 is 0 Å². The highest BCUT2D eigenvalue weighted by atomic mass is 15.2. The fourth-order valence-electron chi connectivity index (χ4n) is 3.38. The molecule has 2 fully saturated rings. The highest BCUT2D eigenvalue weighted by Crippen LogP contribution is 2.16. The third-order valence-electron chi connectivity index (χ3n) is 4.50. The highest BCUT2D eigenvalue weighted by molar-refractivity contribution is 4.77. The molecule has 0 amide bonds. The van der Waals surface area contributed by atoms with E-state index in [9.17, 15) is 0 Å². The molecule has 0 aromatic rings. The van der Waals surface area contributed by atoms with E-state index in [4.69, 9.17) is 0 Å². The Labute approximate surface area is 119 Å². The lowest BCUT2D eigenvalue weighted by atomic mass is 10.1. The van der Waals surface area contributed by atoms with Gasteiger partial charge in [-0.1, -0.05) is 13.8 Å². The molecule has 0 aliphatic carbocycles. The monoisotopic (exact) mass is 267 g/mol. The summed E-state index contributed by atoms with van der Waals surface area (Å²) in [6.45, 7) is 15.0. The van der Waals surface area contributed by atoms with Crippen molar-refractivity contribution in [3.8, 4) is 0 Å². The van der Waals surface area contributed by atoms with Crippen LogP contribution < -0.4 is 5.32 Å². The topological polar surface area (TPSA) is 18.5 Å². The van der Waals surface area contributed by atoms with Gasteiger partial charge < -0.3 is 15.1 Å². The van der Waals surface area contributed by atoms with Gasteiger partial charge in [0.2, 0.25) is 0 Å². The van der Waals surface area contributed by atoms with Crippen molar-refractivity contribution in [1.29, 1.82) is 0 Å². The molecule has 1 atom stereocenters. The van der Waals surface area contributed by atoms with Gasteiger partial charge in [0.05, 0.1) is 0 Å². The summed E-state index contributed by atoms with van der Waals surface area (Å²) in [7, 11) is 0. The van der Waals surface area contributed by atoms with Crippen molar-refractivity contribution in [1.82, 2.24) is 15.1 Å². The average molecular weight is 267 g/mol. The SMILES string of the molecule is CC(C)CNCC1CCN(CCCN2CCCC2)C1. The Morgan fingerprint density at radius 1 is 1.05 bits per heavy atom. The van der Waals surface area contributed by atoms with Crippen LogP contribution in [0, 0.1) is 11.8 Å². The van der Waals surface area contributed by atoms with E-state index >= 15 is 0 Å². The normalized spacial score (nSPS) is 25.7. The zero-order chi connectivity index (χ0) is 13.5. The summed E-state index contributed by atoms with van der Waals surface area (Å²) in [5.74, 6) is 1.67. The van der Waals surface area contributed by atoms with Crippen LogP contribution in [0.5, 0.6) is 0 Å². The minimum Gasteiger partial charge on any atom is -0.316 e. The summed E-state index contributed by atoms with van der Waals surface area (Å²) in [6.07, 6.45) is 5.61. The summed E-state index contributed by atoms with van der Waals surface area (Å²) in [4.78, 5) is 5.32. The van der Waals surface area contributed by atoms with E-state index in [1.54, 1.807) is 0 Å². The third-order valence-corrected chi connectivity index (χ3v) is 4.50. The van der Waals surface area contributed by atoms with Crippen molar-refractivity contribution in [2.75, 3.05) is 52.4 Å². The number of nitrogens with one attached hydrogen (secondary N) is 1. The van der Waals surface area contributed by atoms with Crippen molar-refractivity contribution in [3.05, 3.63) is 0 Å². The second-order valence-corrected chi connectivity index (χ2v) is 6.91. The van der Waals surface area contributed by atoms with E-state index in [1.807, 2.05) is 0 Å². The summed E-state index contributed by atoms with van der Waals surface area (Å²) < 4.78 is 0. The molecular formula is C16H33N3. The van der Waals surface area contributed by atoms with Crippen LogP contribution in [0.3, 0.4) is 0 Å². The predicted molar refractivity (Wildman–Crippen MR) is 82.5 cm³/mol. The van der Waals surface area contributed by atoms with Crippen molar-refractivity contribution in [3.63, 3.8) is 0 Å².